The van der Waals surface area contributed by atoms with E-state index in [0.717, 1.165) is 11.1 Å². The number of nitrogens with zero attached hydrogens (tertiary/aromatic N) is 1. The van der Waals surface area contributed by atoms with E-state index >= 15 is 0 Å². The first-order valence-electron chi connectivity index (χ1n) is 6.60. The van der Waals surface area contributed by atoms with E-state index in [1.54, 1.807) is 6.07 Å². The molecule has 0 fully saturated rings. The molecule has 0 aliphatic rings. The molecule has 21 heavy (non-hydrogen) atoms. The zero-order valence-electron chi connectivity index (χ0n) is 11.2. The molecule has 0 radical (unpaired) electrons. The van der Waals surface area contributed by atoms with E-state index in [-0.39, 0.29) is 5.88 Å². The Morgan fingerprint density at radius 3 is 1.90 bits per heavy atom. The van der Waals surface area contributed by atoms with Gasteiger partial charge >= 0.3 is 0 Å². The molecule has 0 unspecified atom stereocenters. The van der Waals surface area contributed by atoms with Crippen molar-refractivity contribution in [1.29, 1.82) is 0 Å². The standard InChI is InChI=1S/C17H14ClNO2/c18-12-15-11-16(19-21-15)17(20,13-7-3-1-4-8-13)14-9-5-2-6-10-14/h1-11,20H,12H2. The molecular weight excluding hydrogens is 286 g/mol. The summed E-state index contributed by atoms with van der Waals surface area (Å²) in [5.74, 6) is 0.740. The third-order valence-corrected chi connectivity index (χ3v) is 3.71. The largest absolute Gasteiger partial charge is 0.374 e. The van der Waals surface area contributed by atoms with E-state index in [1.807, 2.05) is 60.7 Å². The van der Waals surface area contributed by atoms with Crippen LogP contribution in [0.2, 0.25) is 0 Å². The van der Waals surface area contributed by atoms with Crippen molar-refractivity contribution in [2.45, 2.75) is 11.5 Å². The lowest BCUT2D eigenvalue weighted by molar-refractivity contribution is 0.116. The van der Waals surface area contributed by atoms with Gasteiger partial charge in [0.25, 0.3) is 0 Å². The summed E-state index contributed by atoms with van der Waals surface area (Å²) in [6, 6.07) is 20.5. The van der Waals surface area contributed by atoms with Gasteiger partial charge in [-0.2, -0.15) is 0 Å². The third-order valence-electron chi connectivity index (χ3n) is 3.44. The van der Waals surface area contributed by atoms with Crippen molar-refractivity contribution >= 4 is 11.6 Å². The Morgan fingerprint density at radius 2 is 1.48 bits per heavy atom. The van der Waals surface area contributed by atoms with Crippen LogP contribution in [0.1, 0.15) is 22.6 Å². The third kappa shape index (κ3) is 2.46. The van der Waals surface area contributed by atoms with Crippen LogP contribution in [0.5, 0.6) is 0 Å². The molecule has 0 aliphatic carbocycles. The summed E-state index contributed by atoms with van der Waals surface area (Å²) in [5, 5.41) is 15.4. The molecule has 2 aromatic carbocycles. The molecule has 106 valence electrons. The molecule has 0 saturated carbocycles. The minimum atomic E-state index is -1.36. The predicted molar refractivity (Wildman–Crippen MR) is 81.0 cm³/mol. The highest BCUT2D eigenvalue weighted by atomic mass is 35.5. The van der Waals surface area contributed by atoms with Crippen molar-refractivity contribution in [2.24, 2.45) is 0 Å². The summed E-state index contributed by atoms with van der Waals surface area (Å²) in [7, 11) is 0. The number of aromatic nitrogens is 1. The normalized spacial score (nSPS) is 11.5. The quantitative estimate of drug-likeness (QED) is 0.747. The van der Waals surface area contributed by atoms with Gasteiger partial charge in [-0.25, -0.2) is 0 Å². The summed E-state index contributed by atoms with van der Waals surface area (Å²) < 4.78 is 5.16. The minimum Gasteiger partial charge on any atom is -0.374 e. The van der Waals surface area contributed by atoms with Gasteiger partial charge in [0.05, 0.1) is 5.88 Å². The van der Waals surface area contributed by atoms with Crippen LogP contribution in [0.4, 0.5) is 0 Å². The number of hydrogen-bond donors (Lipinski definition) is 1. The van der Waals surface area contributed by atoms with Crippen molar-refractivity contribution < 1.29 is 9.63 Å². The summed E-state index contributed by atoms with van der Waals surface area (Å²) in [6.45, 7) is 0. The molecule has 3 aromatic rings. The number of benzene rings is 2. The van der Waals surface area contributed by atoms with Crippen LogP contribution in [-0.2, 0) is 11.5 Å². The molecule has 0 aliphatic heterocycles. The second kappa shape index (κ2) is 5.72. The molecule has 0 amide bonds. The molecule has 0 atom stereocenters. The van der Waals surface area contributed by atoms with E-state index < -0.39 is 5.60 Å². The number of rotatable bonds is 4. The Labute approximate surface area is 127 Å². The Hall–Kier alpha value is -2.10. The van der Waals surface area contributed by atoms with Gasteiger partial charge in [-0.15, -0.1) is 11.6 Å². The maximum atomic E-state index is 11.4. The van der Waals surface area contributed by atoms with Crippen LogP contribution in [0.25, 0.3) is 0 Å². The second-order valence-electron chi connectivity index (χ2n) is 4.75. The van der Waals surface area contributed by atoms with Crippen LogP contribution in [0.15, 0.2) is 71.3 Å². The van der Waals surface area contributed by atoms with E-state index in [9.17, 15) is 5.11 Å². The number of alkyl halides is 1. The Bertz CT molecular complexity index is 670. The average Bonchev–Trinajstić information content (AvgIpc) is 3.05. The van der Waals surface area contributed by atoms with Crippen LogP contribution in [-0.4, -0.2) is 10.3 Å². The fraction of sp³-hybridized carbons (Fsp3) is 0.118. The molecule has 1 heterocycles. The predicted octanol–water partition coefficient (Wildman–Crippen LogP) is 3.70. The van der Waals surface area contributed by atoms with Crippen molar-refractivity contribution in [3.8, 4) is 0 Å². The van der Waals surface area contributed by atoms with Gasteiger partial charge in [0, 0.05) is 6.07 Å². The summed E-state index contributed by atoms with van der Waals surface area (Å²) in [5.41, 5.74) is 0.517. The molecule has 0 spiro atoms. The molecule has 1 N–H and O–H groups in total. The molecule has 3 nitrogen and oxygen atoms in total. The zero-order chi connectivity index (χ0) is 14.7. The van der Waals surface area contributed by atoms with Crippen molar-refractivity contribution in [2.75, 3.05) is 0 Å². The lowest BCUT2D eigenvalue weighted by Gasteiger charge is -2.27. The summed E-state index contributed by atoms with van der Waals surface area (Å²) >= 11 is 5.77. The lowest BCUT2D eigenvalue weighted by Crippen LogP contribution is -2.29. The van der Waals surface area contributed by atoms with Crippen LogP contribution in [0, 0.1) is 0 Å². The van der Waals surface area contributed by atoms with Gasteiger partial charge in [0.1, 0.15) is 5.69 Å². The van der Waals surface area contributed by atoms with Gasteiger partial charge in [-0.05, 0) is 11.1 Å². The van der Waals surface area contributed by atoms with Crippen LogP contribution < -0.4 is 0 Å². The first-order chi connectivity index (χ1) is 10.2. The highest BCUT2D eigenvalue weighted by Crippen LogP contribution is 2.36. The van der Waals surface area contributed by atoms with Crippen LogP contribution >= 0.6 is 11.6 Å². The molecule has 4 heteroatoms. The highest BCUT2D eigenvalue weighted by molar-refractivity contribution is 6.16. The second-order valence-corrected chi connectivity index (χ2v) is 5.02. The first kappa shape index (κ1) is 13.9. The SMILES string of the molecule is OC(c1ccccc1)(c1ccccc1)c1cc(CCl)on1. The highest BCUT2D eigenvalue weighted by Gasteiger charge is 2.36. The summed E-state index contributed by atoms with van der Waals surface area (Å²) in [4.78, 5) is 0. The average molecular weight is 300 g/mol. The molecular formula is C17H14ClNO2. The number of hydrogen-bond acceptors (Lipinski definition) is 3. The molecule has 3 rings (SSSR count). The van der Waals surface area contributed by atoms with Gasteiger partial charge in [0.2, 0.25) is 0 Å². The Balaban J connectivity index is 2.20. The molecule has 0 bridgehead atoms. The van der Waals surface area contributed by atoms with E-state index in [0.29, 0.717) is 11.5 Å². The summed E-state index contributed by atoms with van der Waals surface area (Å²) in [6.07, 6.45) is 0. The van der Waals surface area contributed by atoms with Gasteiger partial charge in [-0.3, -0.25) is 0 Å². The molecule has 1 aromatic heterocycles. The van der Waals surface area contributed by atoms with Crippen molar-refractivity contribution in [1.82, 2.24) is 5.16 Å². The van der Waals surface area contributed by atoms with Gasteiger partial charge in [-0.1, -0.05) is 65.8 Å². The van der Waals surface area contributed by atoms with E-state index in [4.69, 9.17) is 16.1 Å². The van der Waals surface area contributed by atoms with E-state index in [1.165, 1.54) is 0 Å². The van der Waals surface area contributed by atoms with Crippen molar-refractivity contribution in [3.63, 3.8) is 0 Å². The van der Waals surface area contributed by atoms with Gasteiger partial charge in [0.15, 0.2) is 11.4 Å². The zero-order valence-corrected chi connectivity index (χ0v) is 12.0. The minimum absolute atomic E-state index is 0.215. The lowest BCUT2D eigenvalue weighted by atomic mass is 9.83. The first-order valence-corrected chi connectivity index (χ1v) is 7.14. The van der Waals surface area contributed by atoms with Crippen LogP contribution in [0.3, 0.4) is 0 Å². The number of aliphatic hydroxyl groups is 1. The fourth-order valence-electron chi connectivity index (χ4n) is 2.37. The fourth-order valence-corrected chi connectivity index (χ4v) is 2.49. The van der Waals surface area contributed by atoms with E-state index in [2.05, 4.69) is 5.16 Å². The van der Waals surface area contributed by atoms with Gasteiger partial charge < -0.3 is 9.63 Å². The number of halogens is 1. The smallest absolute Gasteiger partial charge is 0.160 e. The topological polar surface area (TPSA) is 46.3 Å². The van der Waals surface area contributed by atoms with Crippen molar-refractivity contribution in [3.05, 3.63) is 89.3 Å². The Morgan fingerprint density at radius 1 is 0.952 bits per heavy atom. The molecule has 0 saturated heterocycles. The maximum Gasteiger partial charge on any atom is 0.160 e. The monoisotopic (exact) mass is 299 g/mol. The maximum absolute atomic E-state index is 11.4. The Kier molecular flexibility index (Phi) is 3.78.